The van der Waals surface area contributed by atoms with Gasteiger partial charge < -0.3 is 15.6 Å². The largest absolute Gasteiger partial charge is 0.496 e. The lowest BCUT2D eigenvalue weighted by Crippen LogP contribution is -2.28. The molecule has 3 nitrogen and oxygen atoms in total. The van der Waals surface area contributed by atoms with Gasteiger partial charge in [0.25, 0.3) is 0 Å². The van der Waals surface area contributed by atoms with E-state index in [0.29, 0.717) is 6.42 Å². The Hall–Kier alpha value is -1.07. The van der Waals surface area contributed by atoms with Crippen molar-refractivity contribution in [2.75, 3.05) is 7.11 Å². The van der Waals surface area contributed by atoms with Crippen molar-refractivity contribution in [3.63, 3.8) is 0 Å². The third-order valence-corrected chi connectivity index (χ3v) is 3.88. The van der Waals surface area contributed by atoms with E-state index in [4.69, 9.17) is 10.5 Å². The fourth-order valence-electron chi connectivity index (χ4n) is 2.09. The summed E-state index contributed by atoms with van der Waals surface area (Å²) in [7, 11) is 1.62. The zero-order chi connectivity index (χ0) is 14.5. The molecule has 2 aromatic rings. The molecule has 0 amide bonds. The van der Waals surface area contributed by atoms with Gasteiger partial charge in [-0.05, 0) is 39.2 Å². The van der Waals surface area contributed by atoms with Crippen LogP contribution >= 0.6 is 28.3 Å². The summed E-state index contributed by atoms with van der Waals surface area (Å²) in [5.74, 6) is 0.749. The van der Waals surface area contributed by atoms with Gasteiger partial charge in [0, 0.05) is 6.42 Å². The molecule has 0 fully saturated rings. The maximum Gasteiger partial charge on any atom is 0.133 e. The van der Waals surface area contributed by atoms with E-state index in [2.05, 4.69) is 15.9 Å². The van der Waals surface area contributed by atoms with Gasteiger partial charge in [-0.2, -0.15) is 0 Å². The molecule has 0 heterocycles. The van der Waals surface area contributed by atoms with Crippen LogP contribution in [0.3, 0.4) is 0 Å². The number of aliphatic hydroxyl groups is 1. The van der Waals surface area contributed by atoms with E-state index in [9.17, 15) is 5.11 Å². The van der Waals surface area contributed by atoms with Gasteiger partial charge in [-0.3, -0.25) is 0 Å². The Kier molecular flexibility index (Phi) is 7.18. The molecule has 2 aromatic carbocycles. The summed E-state index contributed by atoms with van der Waals surface area (Å²) in [6, 6.07) is 15.0. The maximum atomic E-state index is 10.3. The highest BCUT2D eigenvalue weighted by atomic mass is 79.9. The highest BCUT2D eigenvalue weighted by Gasteiger charge is 2.18. The third-order valence-electron chi connectivity index (χ3n) is 3.26. The zero-order valence-electron chi connectivity index (χ0n) is 11.7. The van der Waals surface area contributed by atoms with Crippen LogP contribution in [0, 0.1) is 0 Å². The lowest BCUT2D eigenvalue weighted by atomic mass is 9.97. The lowest BCUT2D eigenvalue weighted by molar-refractivity contribution is 0.145. The molecule has 0 aromatic heterocycles. The SMILES string of the molecule is COc1ccc([C@H](N)[C@H](O)Cc2ccccc2)cc1Br.Cl. The lowest BCUT2D eigenvalue weighted by Gasteiger charge is -2.20. The number of methoxy groups -OCH3 is 1. The van der Waals surface area contributed by atoms with Crippen molar-refractivity contribution in [1.82, 2.24) is 0 Å². The summed E-state index contributed by atoms with van der Waals surface area (Å²) in [6.45, 7) is 0. The highest BCUT2D eigenvalue weighted by molar-refractivity contribution is 9.10. The Balaban J connectivity index is 0.00000220. The third kappa shape index (κ3) is 4.71. The van der Waals surface area contributed by atoms with Gasteiger partial charge >= 0.3 is 0 Å². The summed E-state index contributed by atoms with van der Waals surface area (Å²) in [6.07, 6.45) is -0.0937. The van der Waals surface area contributed by atoms with Crippen molar-refractivity contribution in [3.05, 3.63) is 64.1 Å². The number of nitrogens with two attached hydrogens (primary N) is 1. The molecule has 2 atom stereocenters. The molecule has 0 aliphatic carbocycles. The summed E-state index contributed by atoms with van der Waals surface area (Å²) >= 11 is 3.43. The van der Waals surface area contributed by atoms with Crippen LogP contribution in [0.25, 0.3) is 0 Å². The average Bonchev–Trinajstić information content (AvgIpc) is 2.47. The first-order chi connectivity index (χ1) is 9.61. The van der Waals surface area contributed by atoms with Gasteiger partial charge in [-0.25, -0.2) is 0 Å². The summed E-state index contributed by atoms with van der Waals surface area (Å²) in [4.78, 5) is 0. The molecule has 0 aliphatic rings. The number of halogens is 2. The van der Waals surface area contributed by atoms with Gasteiger partial charge in [0.15, 0.2) is 0 Å². The minimum atomic E-state index is -0.627. The topological polar surface area (TPSA) is 55.5 Å². The fraction of sp³-hybridized carbons (Fsp3) is 0.250. The number of aliphatic hydroxyl groups excluding tert-OH is 1. The summed E-state index contributed by atoms with van der Waals surface area (Å²) < 4.78 is 6.02. The molecule has 114 valence electrons. The van der Waals surface area contributed by atoms with Crippen molar-refractivity contribution >= 4 is 28.3 Å². The van der Waals surface area contributed by atoms with Crippen LogP contribution in [0.15, 0.2) is 53.0 Å². The molecule has 0 bridgehead atoms. The van der Waals surface area contributed by atoms with Crippen molar-refractivity contribution in [2.45, 2.75) is 18.6 Å². The van der Waals surface area contributed by atoms with Crippen molar-refractivity contribution < 1.29 is 9.84 Å². The molecule has 0 saturated heterocycles. The quantitative estimate of drug-likeness (QED) is 0.845. The van der Waals surface area contributed by atoms with Crippen molar-refractivity contribution in [2.24, 2.45) is 5.73 Å². The van der Waals surface area contributed by atoms with Gasteiger partial charge in [0.2, 0.25) is 0 Å². The molecule has 0 aliphatic heterocycles. The van der Waals surface area contributed by atoms with E-state index in [0.717, 1.165) is 21.3 Å². The normalized spacial score (nSPS) is 13.1. The highest BCUT2D eigenvalue weighted by Crippen LogP contribution is 2.28. The van der Waals surface area contributed by atoms with Crippen LogP contribution in [0.2, 0.25) is 0 Å². The Morgan fingerprint density at radius 1 is 1.19 bits per heavy atom. The van der Waals surface area contributed by atoms with Crippen LogP contribution in [-0.2, 0) is 6.42 Å². The van der Waals surface area contributed by atoms with Crippen molar-refractivity contribution in [1.29, 1.82) is 0 Å². The summed E-state index contributed by atoms with van der Waals surface area (Å²) in [5, 5.41) is 10.3. The molecule has 0 radical (unpaired) electrons. The smallest absolute Gasteiger partial charge is 0.133 e. The summed E-state index contributed by atoms with van der Waals surface area (Å²) in [5.41, 5.74) is 8.08. The minimum absolute atomic E-state index is 0. The number of rotatable bonds is 5. The molecule has 0 unspecified atom stereocenters. The molecule has 2 rings (SSSR count). The van der Waals surface area contributed by atoms with Crippen LogP contribution in [0.1, 0.15) is 17.2 Å². The van der Waals surface area contributed by atoms with E-state index < -0.39 is 12.1 Å². The monoisotopic (exact) mass is 371 g/mol. The van der Waals surface area contributed by atoms with Crippen molar-refractivity contribution in [3.8, 4) is 5.75 Å². The first-order valence-corrected chi connectivity index (χ1v) is 7.22. The van der Waals surface area contributed by atoms with E-state index >= 15 is 0 Å². The van der Waals surface area contributed by atoms with E-state index in [1.165, 1.54) is 0 Å². The first-order valence-electron chi connectivity index (χ1n) is 6.43. The minimum Gasteiger partial charge on any atom is -0.496 e. The molecule has 21 heavy (non-hydrogen) atoms. The first kappa shape index (κ1) is 18.0. The predicted molar refractivity (Wildman–Crippen MR) is 91.0 cm³/mol. The standard InChI is InChI=1S/C16H18BrNO2.ClH/c1-20-15-8-7-12(10-13(15)17)16(18)14(19)9-11-5-3-2-4-6-11;/h2-8,10,14,16,19H,9,18H2,1H3;1H/t14-,16+;/m1./s1. The fourth-order valence-corrected chi connectivity index (χ4v) is 2.65. The van der Waals surface area contributed by atoms with Crippen LogP contribution < -0.4 is 10.5 Å². The number of hydrogen-bond donors (Lipinski definition) is 2. The molecule has 5 heteroatoms. The predicted octanol–water partition coefficient (Wildman–Crippen LogP) is 3.48. The van der Waals surface area contributed by atoms with Gasteiger partial charge in [0.1, 0.15) is 5.75 Å². The van der Waals surface area contributed by atoms with E-state index in [1.54, 1.807) is 7.11 Å². The Labute approximate surface area is 139 Å². The zero-order valence-corrected chi connectivity index (χ0v) is 14.1. The Morgan fingerprint density at radius 3 is 2.43 bits per heavy atom. The average molecular weight is 373 g/mol. The van der Waals surface area contributed by atoms with Crippen LogP contribution in [0.4, 0.5) is 0 Å². The second kappa shape index (κ2) is 8.39. The number of hydrogen-bond acceptors (Lipinski definition) is 3. The van der Waals surface area contributed by atoms with Crippen LogP contribution in [-0.4, -0.2) is 18.3 Å². The molecular weight excluding hydrogens is 354 g/mol. The van der Waals surface area contributed by atoms with Gasteiger partial charge in [0.05, 0.1) is 23.7 Å². The molecular formula is C16H19BrClNO2. The molecule has 3 N–H and O–H groups in total. The second-order valence-electron chi connectivity index (χ2n) is 4.68. The second-order valence-corrected chi connectivity index (χ2v) is 5.53. The Morgan fingerprint density at radius 2 is 1.86 bits per heavy atom. The number of ether oxygens (including phenoxy) is 1. The van der Waals surface area contributed by atoms with Crippen LogP contribution in [0.5, 0.6) is 5.75 Å². The molecule has 0 spiro atoms. The van der Waals surface area contributed by atoms with Gasteiger partial charge in [-0.15, -0.1) is 12.4 Å². The maximum absolute atomic E-state index is 10.3. The Bertz CT molecular complexity index is 565. The van der Waals surface area contributed by atoms with E-state index in [1.807, 2.05) is 48.5 Å². The molecule has 0 saturated carbocycles. The van der Waals surface area contributed by atoms with E-state index in [-0.39, 0.29) is 12.4 Å². The number of benzene rings is 2. The van der Waals surface area contributed by atoms with Gasteiger partial charge in [-0.1, -0.05) is 36.4 Å².